The Labute approximate surface area is 127 Å². The zero-order valence-corrected chi connectivity index (χ0v) is 13.3. The second-order valence-corrected chi connectivity index (χ2v) is 4.99. The van der Waals surface area contributed by atoms with Crippen LogP contribution in [-0.2, 0) is 9.47 Å². The van der Waals surface area contributed by atoms with E-state index in [0.717, 1.165) is 11.3 Å². The molecule has 7 nitrogen and oxygen atoms in total. The Balaban J connectivity index is 3.00. The predicted molar refractivity (Wildman–Crippen MR) is 83.1 cm³/mol. The van der Waals surface area contributed by atoms with Gasteiger partial charge in [-0.3, -0.25) is 4.79 Å². The number of carbonyl (C=O) groups excluding carboxylic acids is 2. The minimum atomic E-state index is -0.525. The smallest absolute Gasteiger partial charge is 0.350 e. The molecule has 8 heteroatoms. The van der Waals surface area contributed by atoms with E-state index in [-0.39, 0.29) is 28.6 Å². The van der Waals surface area contributed by atoms with Gasteiger partial charge in [0.1, 0.15) is 9.88 Å². The van der Waals surface area contributed by atoms with Crippen LogP contribution in [0, 0.1) is 0 Å². The average Bonchev–Trinajstić information content (AvgIpc) is 2.80. The van der Waals surface area contributed by atoms with Gasteiger partial charge in [-0.15, -0.1) is 11.3 Å². The molecule has 0 saturated carbocycles. The van der Waals surface area contributed by atoms with Gasteiger partial charge in [-0.2, -0.15) is 0 Å². The molecule has 0 spiro atoms. The molecule has 1 heterocycles. The average molecular weight is 315 g/mol. The number of amides is 1. The normalized spacial score (nSPS) is 10.2. The molecule has 0 aliphatic carbocycles. The van der Waals surface area contributed by atoms with E-state index in [1.165, 1.54) is 7.05 Å². The highest BCUT2D eigenvalue weighted by molar-refractivity contribution is 7.19. The van der Waals surface area contributed by atoms with Crippen molar-refractivity contribution >= 4 is 33.9 Å². The number of nitrogen functional groups attached to an aromatic ring is 1. The quantitative estimate of drug-likeness (QED) is 0.494. The predicted octanol–water partition coefficient (Wildman–Crippen LogP) is 1.32. The minimum Gasteiger partial charge on any atom is -0.462 e. The Morgan fingerprint density at radius 3 is 2.57 bits per heavy atom. The number of esters is 1. The van der Waals surface area contributed by atoms with Gasteiger partial charge in [0.15, 0.2) is 0 Å². The van der Waals surface area contributed by atoms with E-state index in [2.05, 4.69) is 10.6 Å². The Bertz CT molecular complexity index is 502. The molecule has 0 radical (unpaired) electrons. The van der Waals surface area contributed by atoms with Crippen LogP contribution in [0.5, 0.6) is 0 Å². The number of carbonyl (C=O) groups is 2. The number of hydrogen-bond donors (Lipinski definition) is 3. The number of ether oxygens (including phenoxy) is 2. The molecule has 0 atom stereocenters. The van der Waals surface area contributed by atoms with Crippen molar-refractivity contribution < 1.29 is 19.1 Å². The molecule has 1 aromatic heterocycles. The van der Waals surface area contributed by atoms with E-state index in [1.54, 1.807) is 6.92 Å². The van der Waals surface area contributed by atoms with Crippen molar-refractivity contribution in [1.29, 1.82) is 0 Å². The summed E-state index contributed by atoms with van der Waals surface area (Å²) in [6, 6.07) is 0. The Kier molecular flexibility index (Phi) is 6.97. The van der Waals surface area contributed by atoms with Crippen LogP contribution >= 0.6 is 11.3 Å². The molecule has 0 saturated heterocycles. The van der Waals surface area contributed by atoms with Gasteiger partial charge in [0.05, 0.1) is 24.5 Å². The van der Waals surface area contributed by atoms with Crippen LogP contribution in [0.15, 0.2) is 0 Å². The molecule has 0 bridgehead atoms. The first-order valence-electron chi connectivity index (χ1n) is 6.69. The molecule has 0 aliphatic heterocycles. The van der Waals surface area contributed by atoms with Gasteiger partial charge in [-0.25, -0.2) is 4.79 Å². The number of anilines is 2. The topological polar surface area (TPSA) is 103 Å². The Hall–Kier alpha value is -1.80. The van der Waals surface area contributed by atoms with Crippen molar-refractivity contribution in [2.45, 2.75) is 13.8 Å². The molecule has 4 N–H and O–H groups in total. The number of hydrogen-bond acceptors (Lipinski definition) is 7. The SMILES string of the molecule is CCOCCNc1sc(C(=O)OCC)c(N)c1C(=O)NC. The van der Waals surface area contributed by atoms with E-state index < -0.39 is 5.97 Å². The van der Waals surface area contributed by atoms with E-state index in [1.807, 2.05) is 6.92 Å². The monoisotopic (exact) mass is 315 g/mol. The molecule has 1 aromatic rings. The highest BCUT2D eigenvalue weighted by Crippen LogP contribution is 2.36. The van der Waals surface area contributed by atoms with Crippen LogP contribution in [0.25, 0.3) is 0 Å². The molecule has 0 aliphatic rings. The molecule has 0 aromatic carbocycles. The summed E-state index contributed by atoms with van der Waals surface area (Å²) >= 11 is 1.11. The second-order valence-electron chi connectivity index (χ2n) is 3.97. The Morgan fingerprint density at radius 2 is 2.00 bits per heavy atom. The van der Waals surface area contributed by atoms with Crippen LogP contribution in [-0.4, -0.2) is 45.3 Å². The summed E-state index contributed by atoms with van der Waals surface area (Å²) in [5.74, 6) is -0.874. The number of nitrogens with one attached hydrogen (secondary N) is 2. The fourth-order valence-corrected chi connectivity index (χ4v) is 2.69. The lowest BCUT2D eigenvalue weighted by molar-refractivity contribution is 0.0533. The molecular weight excluding hydrogens is 294 g/mol. The summed E-state index contributed by atoms with van der Waals surface area (Å²) in [7, 11) is 1.51. The maximum Gasteiger partial charge on any atom is 0.350 e. The first-order chi connectivity index (χ1) is 10.1. The lowest BCUT2D eigenvalue weighted by Crippen LogP contribution is -2.21. The van der Waals surface area contributed by atoms with Crippen LogP contribution < -0.4 is 16.4 Å². The van der Waals surface area contributed by atoms with Gasteiger partial charge < -0.3 is 25.8 Å². The van der Waals surface area contributed by atoms with Crippen LogP contribution in [0.4, 0.5) is 10.7 Å². The Morgan fingerprint density at radius 1 is 1.29 bits per heavy atom. The van der Waals surface area contributed by atoms with Gasteiger partial charge in [-0.1, -0.05) is 0 Å². The summed E-state index contributed by atoms with van der Waals surface area (Å²) in [6.07, 6.45) is 0. The van der Waals surface area contributed by atoms with Gasteiger partial charge in [0.2, 0.25) is 0 Å². The third-order valence-electron chi connectivity index (χ3n) is 2.60. The van der Waals surface area contributed by atoms with Crippen molar-refractivity contribution in [1.82, 2.24) is 5.32 Å². The molecular formula is C13H21N3O4S. The first-order valence-corrected chi connectivity index (χ1v) is 7.51. The van der Waals surface area contributed by atoms with Gasteiger partial charge in [0, 0.05) is 20.2 Å². The summed E-state index contributed by atoms with van der Waals surface area (Å²) in [4.78, 5) is 24.0. The van der Waals surface area contributed by atoms with Crippen LogP contribution in [0.3, 0.4) is 0 Å². The zero-order valence-electron chi connectivity index (χ0n) is 12.4. The summed E-state index contributed by atoms with van der Waals surface area (Å²) < 4.78 is 10.2. The van der Waals surface area contributed by atoms with Crippen molar-refractivity contribution in [2.75, 3.05) is 44.5 Å². The molecule has 118 valence electrons. The molecule has 0 fully saturated rings. The minimum absolute atomic E-state index is 0.136. The fourth-order valence-electron chi connectivity index (χ4n) is 1.65. The highest BCUT2D eigenvalue weighted by atomic mass is 32.1. The molecule has 0 unspecified atom stereocenters. The van der Waals surface area contributed by atoms with Crippen molar-refractivity contribution in [3.63, 3.8) is 0 Å². The van der Waals surface area contributed by atoms with E-state index >= 15 is 0 Å². The summed E-state index contributed by atoms with van der Waals surface area (Å²) in [5, 5.41) is 6.12. The van der Waals surface area contributed by atoms with E-state index in [9.17, 15) is 9.59 Å². The molecule has 1 rings (SSSR count). The summed E-state index contributed by atoms with van der Waals surface area (Å²) in [6.45, 7) is 5.49. The fraction of sp³-hybridized carbons (Fsp3) is 0.538. The standard InChI is InChI=1S/C13H21N3O4S/c1-4-19-7-6-16-12-8(11(17)15-3)9(14)10(21-12)13(18)20-5-2/h16H,4-7,14H2,1-3H3,(H,15,17). The van der Waals surface area contributed by atoms with E-state index in [0.29, 0.717) is 24.8 Å². The first kappa shape index (κ1) is 17.3. The summed E-state index contributed by atoms with van der Waals surface area (Å²) in [5.41, 5.74) is 6.32. The van der Waals surface area contributed by atoms with Crippen LogP contribution in [0.1, 0.15) is 33.9 Å². The zero-order chi connectivity index (χ0) is 15.8. The third kappa shape index (κ3) is 4.33. The van der Waals surface area contributed by atoms with Gasteiger partial charge in [0.25, 0.3) is 5.91 Å². The highest BCUT2D eigenvalue weighted by Gasteiger charge is 2.25. The number of nitrogens with two attached hydrogens (primary N) is 1. The van der Waals surface area contributed by atoms with Crippen molar-refractivity contribution in [3.8, 4) is 0 Å². The van der Waals surface area contributed by atoms with Crippen molar-refractivity contribution in [3.05, 3.63) is 10.4 Å². The van der Waals surface area contributed by atoms with E-state index in [4.69, 9.17) is 15.2 Å². The van der Waals surface area contributed by atoms with Gasteiger partial charge in [-0.05, 0) is 13.8 Å². The van der Waals surface area contributed by atoms with Gasteiger partial charge >= 0.3 is 5.97 Å². The van der Waals surface area contributed by atoms with Crippen LogP contribution in [0.2, 0.25) is 0 Å². The molecule has 1 amide bonds. The number of rotatable bonds is 8. The lowest BCUT2D eigenvalue weighted by Gasteiger charge is -2.07. The maximum atomic E-state index is 11.9. The van der Waals surface area contributed by atoms with Crippen molar-refractivity contribution in [2.24, 2.45) is 0 Å². The largest absolute Gasteiger partial charge is 0.462 e. The third-order valence-corrected chi connectivity index (χ3v) is 3.74. The lowest BCUT2D eigenvalue weighted by atomic mass is 10.2. The maximum absolute atomic E-state index is 11.9. The second kappa shape index (κ2) is 8.48. The molecule has 21 heavy (non-hydrogen) atoms. The number of thiophene rings is 1.